The van der Waals surface area contributed by atoms with Gasteiger partial charge in [-0.2, -0.15) is 0 Å². The second-order valence-corrected chi connectivity index (χ2v) is 8.23. The van der Waals surface area contributed by atoms with E-state index in [0.717, 1.165) is 33.3 Å². The van der Waals surface area contributed by atoms with Crippen molar-refractivity contribution in [3.63, 3.8) is 0 Å². The van der Waals surface area contributed by atoms with Crippen LogP contribution >= 0.6 is 23.2 Å². The van der Waals surface area contributed by atoms with Crippen LogP contribution in [0.15, 0.2) is 67.0 Å². The molecule has 32 heavy (non-hydrogen) atoms. The quantitative estimate of drug-likeness (QED) is 0.341. The van der Waals surface area contributed by atoms with Crippen LogP contribution in [0.2, 0.25) is 10.0 Å². The van der Waals surface area contributed by atoms with Crippen molar-refractivity contribution in [3.05, 3.63) is 99.3 Å². The highest BCUT2D eigenvalue weighted by Gasteiger charge is 2.21. The van der Waals surface area contributed by atoms with Gasteiger partial charge in [-0.1, -0.05) is 53.5 Å². The zero-order valence-electron chi connectivity index (χ0n) is 17.1. The largest absolute Gasteiger partial charge is 0.488 e. The third kappa shape index (κ3) is 3.64. The van der Waals surface area contributed by atoms with E-state index >= 15 is 0 Å². The Labute approximate surface area is 194 Å². The van der Waals surface area contributed by atoms with Crippen molar-refractivity contribution in [2.75, 3.05) is 7.11 Å². The number of allylic oxidation sites excluding steroid dienone is 1. The molecule has 0 amide bonds. The molecule has 3 aromatic carbocycles. The fraction of sp³-hybridized carbons (Fsp3) is 0.120. The van der Waals surface area contributed by atoms with E-state index in [4.69, 9.17) is 32.7 Å². The highest BCUT2D eigenvalue weighted by atomic mass is 35.5. The molecule has 2 heterocycles. The molecule has 0 saturated carbocycles. The second kappa shape index (κ2) is 8.34. The average molecular weight is 465 g/mol. The summed E-state index contributed by atoms with van der Waals surface area (Å²) in [5, 5.41) is 0.955. The van der Waals surface area contributed by atoms with Gasteiger partial charge < -0.3 is 14.0 Å². The Hall–Kier alpha value is -3.28. The van der Waals surface area contributed by atoms with Crippen LogP contribution in [0.5, 0.6) is 5.75 Å². The Morgan fingerprint density at radius 2 is 1.94 bits per heavy atom. The SMILES string of the molecule is COC(=O)c1ccc2c(c1)C(=CCn1cnc3cc(Cl)c(Cl)cc31)c1ccccc1CO2. The number of aromatic nitrogens is 2. The number of esters is 1. The summed E-state index contributed by atoms with van der Waals surface area (Å²) in [6.07, 6.45) is 3.87. The lowest BCUT2D eigenvalue weighted by atomic mass is 9.93. The maximum Gasteiger partial charge on any atom is 0.337 e. The number of imidazole rings is 1. The lowest BCUT2D eigenvalue weighted by Crippen LogP contribution is -2.03. The Morgan fingerprint density at radius 3 is 2.78 bits per heavy atom. The maximum atomic E-state index is 12.2. The first-order valence-corrected chi connectivity index (χ1v) is 10.7. The van der Waals surface area contributed by atoms with Crippen molar-refractivity contribution in [1.29, 1.82) is 0 Å². The second-order valence-electron chi connectivity index (χ2n) is 7.42. The standard InChI is InChI=1S/C25H18Cl2N2O3/c1-31-25(30)15-6-7-24-19(10-15)18(17-5-3-2-4-16(17)13-32-24)8-9-29-14-28-22-11-20(26)21(27)12-23(22)29/h2-8,10-12,14H,9,13H2,1H3. The predicted octanol–water partition coefficient (Wildman–Crippen LogP) is 6.15. The van der Waals surface area contributed by atoms with E-state index in [9.17, 15) is 4.79 Å². The molecular weight excluding hydrogens is 447 g/mol. The van der Waals surface area contributed by atoms with Crippen LogP contribution in [0.1, 0.15) is 27.0 Å². The van der Waals surface area contributed by atoms with Crippen LogP contribution < -0.4 is 4.74 Å². The first-order chi connectivity index (χ1) is 15.5. The van der Waals surface area contributed by atoms with Crippen LogP contribution in [0, 0.1) is 0 Å². The van der Waals surface area contributed by atoms with Gasteiger partial charge in [-0.25, -0.2) is 9.78 Å². The third-order valence-corrected chi connectivity index (χ3v) is 6.26. The zero-order chi connectivity index (χ0) is 22.2. The van der Waals surface area contributed by atoms with E-state index in [1.807, 2.05) is 41.0 Å². The fourth-order valence-electron chi connectivity index (χ4n) is 3.93. The summed E-state index contributed by atoms with van der Waals surface area (Å²) >= 11 is 12.4. The van der Waals surface area contributed by atoms with Crippen LogP contribution in [0.3, 0.4) is 0 Å². The minimum absolute atomic E-state index is 0.392. The zero-order valence-corrected chi connectivity index (χ0v) is 18.7. The summed E-state index contributed by atoms with van der Waals surface area (Å²) < 4.78 is 13.0. The number of benzene rings is 3. The molecule has 0 spiro atoms. The topological polar surface area (TPSA) is 53.4 Å². The summed E-state index contributed by atoms with van der Waals surface area (Å²) in [7, 11) is 1.37. The third-order valence-electron chi connectivity index (χ3n) is 5.54. The number of nitrogens with zero attached hydrogens (tertiary/aromatic N) is 2. The summed E-state index contributed by atoms with van der Waals surface area (Å²) in [5.41, 5.74) is 6.06. The molecule has 160 valence electrons. The summed E-state index contributed by atoms with van der Waals surface area (Å²) in [4.78, 5) is 16.6. The van der Waals surface area contributed by atoms with Gasteiger partial charge in [0, 0.05) is 12.1 Å². The summed E-state index contributed by atoms with van der Waals surface area (Å²) in [5.74, 6) is 0.322. The van der Waals surface area contributed by atoms with E-state index in [1.165, 1.54) is 7.11 Å². The molecule has 0 atom stereocenters. The number of hydrogen-bond donors (Lipinski definition) is 0. The molecule has 7 heteroatoms. The number of halogens is 2. The van der Waals surface area contributed by atoms with E-state index in [0.29, 0.717) is 34.5 Å². The van der Waals surface area contributed by atoms with Crippen LogP contribution in [-0.4, -0.2) is 22.6 Å². The van der Waals surface area contributed by atoms with Crippen molar-refractivity contribution in [3.8, 4) is 5.75 Å². The smallest absolute Gasteiger partial charge is 0.337 e. The Morgan fingerprint density at radius 1 is 1.12 bits per heavy atom. The molecule has 0 bridgehead atoms. The van der Waals surface area contributed by atoms with Crippen molar-refractivity contribution in [2.24, 2.45) is 0 Å². The molecule has 4 aromatic rings. The molecule has 1 aromatic heterocycles. The molecule has 0 saturated heterocycles. The molecule has 0 N–H and O–H groups in total. The van der Waals surface area contributed by atoms with Gasteiger partial charge in [0.25, 0.3) is 0 Å². The molecule has 1 aliphatic heterocycles. The molecule has 0 radical (unpaired) electrons. The van der Waals surface area contributed by atoms with Gasteiger partial charge in [0.05, 0.1) is 40.1 Å². The Balaban J connectivity index is 1.65. The van der Waals surface area contributed by atoms with E-state index in [1.54, 1.807) is 18.5 Å². The van der Waals surface area contributed by atoms with Gasteiger partial charge >= 0.3 is 5.97 Å². The van der Waals surface area contributed by atoms with Crippen molar-refractivity contribution in [2.45, 2.75) is 13.2 Å². The number of carbonyl (C=O) groups is 1. The van der Waals surface area contributed by atoms with Crippen molar-refractivity contribution in [1.82, 2.24) is 9.55 Å². The summed E-state index contributed by atoms with van der Waals surface area (Å²) in [6, 6.07) is 17.0. The van der Waals surface area contributed by atoms with E-state index < -0.39 is 5.97 Å². The van der Waals surface area contributed by atoms with Gasteiger partial charge in [-0.3, -0.25) is 0 Å². The number of carbonyl (C=O) groups excluding carboxylic acids is 1. The average Bonchev–Trinajstić information content (AvgIpc) is 3.11. The molecule has 1 aliphatic rings. The van der Waals surface area contributed by atoms with E-state index in [-0.39, 0.29) is 0 Å². The van der Waals surface area contributed by atoms with Crippen LogP contribution in [0.4, 0.5) is 0 Å². The molecule has 0 aliphatic carbocycles. The van der Waals surface area contributed by atoms with Gasteiger partial charge in [0.15, 0.2) is 0 Å². The lowest BCUT2D eigenvalue weighted by molar-refractivity contribution is 0.0600. The van der Waals surface area contributed by atoms with Crippen LogP contribution in [-0.2, 0) is 17.9 Å². The van der Waals surface area contributed by atoms with Crippen molar-refractivity contribution < 1.29 is 14.3 Å². The first kappa shape index (κ1) is 20.6. The number of fused-ring (bicyclic) bond motifs is 3. The lowest BCUT2D eigenvalue weighted by Gasteiger charge is -2.12. The minimum Gasteiger partial charge on any atom is -0.488 e. The molecule has 0 unspecified atom stereocenters. The number of rotatable bonds is 3. The van der Waals surface area contributed by atoms with Crippen LogP contribution in [0.25, 0.3) is 16.6 Å². The molecule has 5 rings (SSSR count). The predicted molar refractivity (Wildman–Crippen MR) is 125 cm³/mol. The minimum atomic E-state index is -0.392. The van der Waals surface area contributed by atoms with Gasteiger partial charge in [-0.05, 0) is 47.0 Å². The van der Waals surface area contributed by atoms with Crippen molar-refractivity contribution >= 4 is 45.8 Å². The number of ether oxygens (including phenoxy) is 2. The molecule has 0 fully saturated rings. The van der Waals surface area contributed by atoms with Gasteiger partial charge in [-0.15, -0.1) is 0 Å². The number of hydrogen-bond acceptors (Lipinski definition) is 4. The normalized spacial score (nSPS) is 13.9. The highest BCUT2D eigenvalue weighted by molar-refractivity contribution is 6.42. The summed E-state index contributed by atoms with van der Waals surface area (Å²) in [6.45, 7) is 0.986. The van der Waals surface area contributed by atoms with Gasteiger partial charge in [0.1, 0.15) is 12.4 Å². The maximum absolute atomic E-state index is 12.2. The number of methoxy groups -OCH3 is 1. The van der Waals surface area contributed by atoms with Gasteiger partial charge in [0.2, 0.25) is 0 Å². The molecule has 5 nitrogen and oxygen atoms in total. The fourth-order valence-corrected chi connectivity index (χ4v) is 4.24. The van der Waals surface area contributed by atoms with E-state index in [2.05, 4.69) is 17.1 Å². The Kier molecular flexibility index (Phi) is 5.37. The highest BCUT2D eigenvalue weighted by Crippen LogP contribution is 2.37. The Bertz CT molecular complexity index is 1390. The monoisotopic (exact) mass is 464 g/mol. The molecular formula is C25H18Cl2N2O3. The first-order valence-electron chi connectivity index (χ1n) is 9.99.